The van der Waals surface area contributed by atoms with Crippen LogP contribution in [0.1, 0.15) is 77.6 Å². The molecule has 64 heavy (non-hydrogen) atoms. The van der Waals surface area contributed by atoms with Gasteiger partial charge >= 0.3 is 17.1 Å². The van der Waals surface area contributed by atoms with E-state index in [1.807, 2.05) is 121 Å². The van der Waals surface area contributed by atoms with E-state index < -0.39 is 60.0 Å². The predicted molar refractivity (Wildman–Crippen MR) is 252 cm³/mol. The van der Waals surface area contributed by atoms with Crippen molar-refractivity contribution in [1.82, 2.24) is 0 Å². The molecule has 1 N–H and O–H groups in total. The fourth-order valence-electron chi connectivity index (χ4n) is 8.73. The fourth-order valence-corrected chi connectivity index (χ4v) is 19.9. The van der Waals surface area contributed by atoms with Crippen molar-refractivity contribution in [1.29, 1.82) is 0 Å². The zero-order valence-corrected chi connectivity index (χ0v) is 41.1. The highest BCUT2D eigenvalue weighted by molar-refractivity contribution is 6.84. The highest BCUT2D eigenvalue weighted by Crippen LogP contribution is 2.48. The second kappa shape index (κ2) is 24.6. The molecule has 2 aliphatic heterocycles. The molecule has 2 heterocycles. The van der Waals surface area contributed by atoms with E-state index in [-0.39, 0.29) is 68.6 Å². The van der Waals surface area contributed by atoms with Gasteiger partial charge in [-0.1, -0.05) is 177 Å². The molecule has 2 aliphatic rings. The van der Waals surface area contributed by atoms with Crippen molar-refractivity contribution in [3.05, 3.63) is 144 Å². The van der Waals surface area contributed by atoms with Crippen LogP contribution in [0, 0.1) is 0 Å². The molecule has 4 aromatic rings. The number of ether oxygens (including phenoxy) is 7. The summed E-state index contributed by atoms with van der Waals surface area (Å²) in [6.45, 7) is 18.7. The van der Waals surface area contributed by atoms with Gasteiger partial charge in [-0.05, 0) is 44.4 Å². The molecule has 7 atom stereocenters. The molecule has 4 aromatic carbocycles. The minimum Gasteiger partial charge on any atom is -0.414 e. The van der Waals surface area contributed by atoms with Crippen molar-refractivity contribution in [2.45, 2.75) is 147 Å². The zero-order valence-electron chi connectivity index (χ0n) is 39.1. The second-order valence-corrected chi connectivity index (χ2v) is 27.0. The molecular weight excluding hydrogens is 845 g/mol. The SMILES string of the molecule is CC(C)[Si]1(C(C)C)OC[C@H]2O[C@@H](OC[C@H](OCc3ccccc3)[C@H](OCc3ccccc3)[C@@H](CO)OCc3ccccc3)[C@H](OCOCc3ccccc3)[C@@H]2O[Si](C(C)C)(C(C)C)O1. The van der Waals surface area contributed by atoms with E-state index in [9.17, 15) is 5.11 Å². The summed E-state index contributed by atoms with van der Waals surface area (Å²) in [6.07, 6.45) is -4.99. The summed E-state index contributed by atoms with van der Waals surface area (Å²) in [4.78, 5) is 0. The summed E-state index contributed by atoms with van der Waals surface area (Å²) in [5, 5.41) is 11.0. The van der Waals surface area contributed by atoms with E-state index in [0.29, 0.717) is 6.61 Å². The molecular formula is C51H72O11Si2. The highest BCUT2D eigenvalue weighted by atomic mass is 28.5. The van der Waals surface area contributed by atoms with Gasteiger partial charge in [-0.3, -0.25) is 0 Å². The summed E-state index contributed by atoms with van der Waals surface area (Å²) in [5.74, 6) is 0. The van der Waals surface area contributed by atoms with Crippen molar-refractivity contribution >= 4 is 17.1 Å². The van der Waals surface area contributed by atoms with E-state index in [1.165, 1.54) is 0 Å². The maximum absolute atomic E-state index is 11.0. The molecule has 2 fully saturated rings. The molecule has 0 radical (unpaired) electrons. The number of benzene rings is 4. The maximum atomic E-state index is 11.0. The van der Waals surface area contributed by atoms with Gasteiger partial charge in [-0.2, -0.15) is 0 Å². The van der Waals surface area contributed by atoms with Crippen molar-refractivity contribution in [3.63, 3.8) is 0 Å². The zero-order chi connectivity index (χ0) is 45.5. The molecule has 13 heteroatoms. The molecule has 0 bridgehead atoms. The molecule has 0 aliphatic carbocycles. The van der Waals surface area contributed by atoms with Crippen LogP contribution in [0.2, 0.25) is 22.2 Å². The number of aliphatic hydroxyl groups excluding tert-OH is 1. The molecule has 0 saturated carbocycles. The van der Waals surface area contributed by atoms with Crippen molar-refractivity contribution in [3.8, 4) is 0 Å². The third-order valence-corrected chi connectivity index (χ3v) is 22.5. The maximum Gasteiger partial charge on any atom is 0.335 e. The minimum absolute atomic E-state index is 0.0112. The van der Waals surface area contributed by atoms with Crippen LogP contribution >= 0.6 is 0 Å². The standard InChI is InChI=1S/C51H72O11Si2/c1-37(2)63(38(3)4)59-35-47-49(61-64(62-63,39(5)6)40(7)8)50(58-36-53-30-41-21-13-9-14-22-41)51(60-47)57-34-46(55-32-43-25-17-11-18-26-43)48(56-33-44-27-19-12-20-28-44)45(29-52)54-31-42-23-15-10-16-24-42/h9-28,37-40,45-52H,29-36H2,1-8H3/t45-,46+,47-,48-,49-,50-,51-/m1/s1. The first kappa shape index (κ1) is 50.3. The fraction of sp³-hybridized carbons (Fsp3) is 0.529. The van der Waals surface area contributed by atoms with E-state index in [0.717, 1.165) is 22.3 Å². The number of rotatable bonds is 24. The van der Waals surface area contributed by atoms with Gasteiger partial charge in [0, 0.05) is 0 Å². The Morgan fingerprint density at radius 2 is 1.02 bits per heavy atom. The Balaban J connectivity index is 1.32. The molecule has 0 unspecified atom stereocenters. The Labute approximate surface area is 384 Å². The van der Waals surface area contributed by atoms with E-state index >= 15 is 0 Å². The molecule has 0 amide bonds. The average molecular weight is 917 g/mol. The lowest BCUT2D eigenvalue weighted by Gasteiger charge is -2.51. The lowest BCUT2D eigenvalue weighted by Crippen LogP contribution is -2.66. The average Bonchev–Trinajstić information content (AvgIpc) is 3.61. The summed E-state index contributed by atoms with van der Waals surface area (Å²) in [6, 6.07) is 39.8. The monoisotopic (exact) mass is 916 g/mol. The number of fused-ring (bicyclic) bond motifs is 1. The molecule has 350 valence electrons. The Bertz CT molecular complexity index is 1870. The van der Waals surface area contributed by atoms with Crippen LogP contribution < -0.4 is 0 Å². The molecule has 0 spiro atoms. The molecule has 6 rings (SSSR count). The summed E-state index contributed by atoms with van der Waals surface area (Å²) < 4.78 is 68.7. The van der Waals surface area contributed by atoms with E-state index in [4.69, 9.17) is 46.1 Å². The lowest BCUT2D eigenvalue weighted by atomic mass is 10.1. The van der Waals surface area contributed by atoms with Crippen molar-refractivity contribution in [2.75, 3.05) is 26.6 Å². The van der Waals surface area contributed by atoms with Gasteiger partial charge in [0.2, 0.25) is 0 Å². The Morgan fingerprint density at radius 1 is 0.562 bits per heavy atom. The third kappa shape index (κ3) is 13.1. The van der Waals surface area contributed by atoms with Crippen molar-refractivity contribution in [2.24, 2.45) is 0 Å². The quantitative estimate of drug-likeness (QED) is 0.0412. The third-order valence-electron chi connectivity index (χ3n) is 12.3. The smallest absolute Gasteiger partial charge is 0.335 e. The summed E-state index contributed by atoms with van der Waals surface area (Å²) >= 11 is 0. The highest BCUT2D eigenvalue weighted by Gasteiger charge is 2.62. The second-order valence-electron chi connectivity index (χ2n) is 18.1. The van der Waals surface area contributed by atoms with Crippen molar-refractivity contribution < 1.29 is 51.2 Å². The largest absolute Gasteiger partial charge is 0.414 e. The van der Waals surface area contributed by atoms with Gasteiger partial charge in [0.25, 0.3) is 0 Å². The van der Waals surface area contributed by atoms with Crippen LogP contribution in [-0.4, -0.2) is 91.8 Å². The van der Waals surface area contributed by atoms with Gasteiger partial charge in [-0.25, -0.2) is 0 Å². The topological polar surface area (TPSA) is 113 Å². The van der Waals surface area contributed by atoms with Crippen LogP contribution in [0.5, 0.6) is 0 Å². The van der Waals surface area contributed by atoms with Gasteiger partial charge in [0.1, 0.15) is 43.4 Å². The first-order chi connectivity index (χ1) is 31.0. The van der Waals surface area contributed by atoms with Gasteiger partial charge in [0.05, 0.1) is 46.2 Å². The predicted octanol–water partition coefficient (Wildman–Crippen LogP) is 9.99. The number of hydrogen-bond acceptors (Lipinski definition) is 11. The molecule has 0 aromatic heterocycles. The Morgan fingerprint density at radius 3 is 1.48 bits per heavy atom. The van der Waals surface area contributed by atoms with Gasteiger partial charge in [-0.15, -0.1) is 0 Å². The molecule has 11 nitrogen and oxygen atoms in total. The van der Waals surface area contributed by atoms with Crippen LogP contribution in [0.25, 0.3) is 0 Å². The van der Waals surface area contributed by atoms with E-state index in [1.54, 1.807) is 0 Å². The van der Waals surface area contributed by atoms with Crippen LogP contribution in [-0.2, 0) is 72.6 Å². The summed E-state index contributed by atoms with van der Waals surface area (Å²) in [7, 11) is -5.92. The van der Waals surface area contributed by atoms with Crippen LogP contribution in [0.3, 0.4) is 0 Å². The first-order valence-corrected chi connectivity index (χ1v) is 27.0. The number of hydrogen-bond donors (Lipinski definition) is 1. The first-order valence-electron chi connectivity index (χ1n) is 23.0. The number of aliphatic hydroxyl groups is 1. The minimum atomic E-state index is -3.06. The van der Waals surface area contributed by atoms with E-state index in [2.05, 4.69) is 55.4 Å². The Kier molecular flexibility index (Phi) is 19.3. The Hall–Kier alpha value is -3.13. The summed E-state index contributed by atoms with van der Waals surface area (Å²) in [5.41, 5.74) is 4.48. The molecule has 2 saturated heterocycles. The van der Waals surface area contributed by atoms with Gasteiger partial charge < -0.3 is 51.2 Å². The normalized spacial score (nSPS) is 22.3. The van der Waals surface area contributed by atoms with Gasteiger partial charge in [0.15, 0.2) is 6.29 Å². The van der Waals surface area contributed by atoms with Crippen LogP contribution in [0.15, 0.2) is 121 Å². The van der Waals surface area contributed by atoms with Crippen LogP contribution in [0.4, 0.5) is 0 Å². The lowest BCUT2D eigenvalue weighted by molar-refractivity contribution is -0.230.